The fourth-order valence-corrected chi connectivity index (χ4v) is 4.93. The Morgan fingerprint density at radius 1 is 1.28 bits per heavy atom. The van der Waals surface area contributed by atoms with Gasteiger partial charge in [0, 0.05) is 14.1 Å². The maximum Gasteiger partial charge on any atom is 0.228 e. The van der Waals surface area contributed by atoms with E-state index in [-0.39, 0.29) is 16.9 Å². The lowest BCUT2D eigenvalue weighted by molar-refractivity contribution is -0.139. The zero-order valence-corrected chi connectivity index (χ0v) is 18.7. The number of imidazole rings is 1. The van der Waals surface area contributed by atoms with E-state index in [2.05, 4.69) is 37.4 Å². The molecule has 0 aromatic carbocycles. The van der Waals surface area contributed by atoms with E-state index in [0.29, 0.717) is 21.9 Å². The van der Waals surface area contributed by atoms with E-state index in [1.807, 2.05) is 0 Å². The van der Waals surface area contributed by atoms with Crippen LogP contribution in [0.25, 0.3) is 11.2 Å². The number of hydrogen-bond acceptors (Lipinski definition) is 8. The number of fused-ring (bicyclic) bond motifs is 1. The number of aliphatic hydroxyl groups is 2. The lowest BCUT2D eigenvalue weighted by Crippen LogP contribution is -2.47. The Morgan fingerprint density at radius 3 is 2.66 bits per heavy atom. The number of rotatable bonds is 3. The van der Waals surface area contributed by atoms with Gasteiger partial charge in [-0.25, -0.2) is 15.0 Å². The fraction of sp³-hybridized carbons (Fsp3) is 0.429. The molecule has 0 radical (unpaired) electrons. The van der Waals surface area contributed by atoms with Crippen molar-refractivity contribution in [1.29, 1.82) is 0 Å². The van der Waals surface area contributed by atoms with Crippen LogP contribution in [0.4, 0.5) is 10.2 Å². The Hall–Kier alpha value is -3.07. The molecule has 32 heavy (non-hydrogen) atoms. The second-order valence-corrected chi connectivity index (χ2v) is 8.93. The average Bonchev–Trinajstić information content (AvgIpc) is 3.45. The van der Waals surface area contributed by atoms with Crippen molar-refractivity contribution in [3.63, 3.8) is 0 Å². The lowest BCUT2D eigenvalue weighted by atomic mass is 9.77. The van der Waals surface area contributed by atoms with E-state index >= 15 is 0 Å². The number of aromatic nitrogens is 4. The minimum atomic E-state index is -1.28. The Labute approximate surface area is 187 Å². The third kappa shape index (κ3) is 3.31. The number of aliphatic hydroxyl groups excluding tert-OH is 2. The number of carbonyl (C=O) groups is 1. The van der Waals surface area contributed by atoms with Crippen LogP contribution >= 0.6 is 11.3 Å². The summed E-state index contributed by atoms with van der Waals surface area (Å²) < 4.78 is 14.9. The number of halogens is 1. The molecule has 3 aromatic rings. The summed E-state index contributed by atoms with van der Waals surface area (Å²) in [5.41, 5.74) is -0.349. The fourth-order valence-electron chi connectivity index (χ4n) is 4.34. The van der Waals surface area contributed by atoms with Gasteiger partial charge >= 0.3 is 0 Å². The average molecular weight is 459 g/mol. The van der Waals surface area contributed by atoms with Gasteiger partial charge in [-0.3, -0.25) is 4.79 Å². The summed E-state index contributed by atoms with van der Waals surface area (Å²) >= 11 is 0.923. The molecule has 1 fully saturated rings. The molecule has 0 aliphatic heterocycles. The Kier molecular flexibility index (Phi) is 5.62. The van der Waals surface area contributed by atoms with Crippen molar-refractivity contribution in [3.8, 4) is 11.8 Å². The van der Waals surface area contributed by atoms with Gasteiger partial charge in [0.25, 0.3) is 0 Å². The van der Waals surface area contributed by atoms with Gasteiger partial charge in [-0.05, 0) is 36.8 Å². The van der Waals surface area contributed by atoms with E-state index in [9.17, 15) is 19.4 Å². The first-order chi connectivity index (χ1) is 15.2. The molecule has 4 rings (SSSR count). The van der Waals surface area contributed by atoms with Gasteiger partial charge in [0.05, 0.1) is 28.8 Å². The van der Waals surface area contributed by atoms with E-state index < -0.39 is 29.6 Å². The van der Waals surface area contributed by atoms with Crippen LogP contribution in [-0.2, 0) is 4.79 Å². The Bertz CT molecular complexity index is 1250. The highest BCUT2D eigenvalue weighted by Gasteiger charge is 2.59. The molecular formula is C21H23FN6O3S. The van der Waals surface area contributed by atoms with Crippen LogP contribution < -0.4 is 10.6 Å². The van der Waals surface area contributed by atoms with Crippen LogP contribution in [0.15, 0.2) is 18.5 Å². The summed E-state index contributed by atoms with van der Waals surface area (Å²) in [4.78, 5) is 26.4. The van der Waals surface area contributed by atoms with E-state index in [0.717, 1.165) is 11.3 Å². The summed E-state index contributed by atoms with van der Waals surface area (Å²) in [7, 11) is 3.18. The number of carbonyl (C=O) groups excluding carboxylic acids is 1. The third-order valence-electron chi connectivity index (χ3n) is 6.31. The molecule has 0 bridgehead atoms. The molecule has 0 spiro atoms. The molecule has 1 aliphatic rings. The van der Waals surface area contributed by atoms with Gasteiger partial charge in [-0.1, -0.05) is 18.3 Å². The second kappa shape index (κ2) is 8.12. The van der Waals surface area contributed by atoms with Crippen LogP contribution in [0.1, 0.15) is 30.6 Å². The van der Waals surface area contributed by atoms with E-state index in [4.69, 9.17) is 0 Å². The predicted octanol–water partition coefficient (Wildman–Crippen LogP) is 1.13. The maximum atomic E-state index is 13.2. The van der Waals surface area contributed by atoms with Crippen LogP contribution in [0.3, 0.4) is 0 Å². The highest BCUT2D eigenvalue weighted by atomic mass is 32.1. The predicted molar refractivity (Wildman–Crippen MR) is 118 cm³/mol. The Morgan fingerprint density at radius 2 is 2.03 bits per heavy atom. The molecule has 168 valence electrons. The van der Waals surface area contributed by atoms with Crippen molar-refractivity contribution < 1.29 is 19.4 Å². The van der Waals surface area contributed by atoms with Crippen molar-refractivity contribution >= 4 is 34.2 Å². The third-order valence-corrected chi connectivity index (χ3v) is 7.10. The first-order valence-electron chi connectivity index (χ1n) is 10.00. The summed E-state index contributed by atoms with van der Waals surface area (Å²) in [5.74, 6) is 5.50. The number of hydrogen-bond donors (Lipinski definition) is 4. The monoisotopic (exact) mass is 458 g/mol. The normalized spacial score (nSPS) is 27.2. The smallest absolute Gasteiger partial charge is 0.228 e. The lowest BCUT2D eigenvalue weighted by Gasteiger charge is -2.31. The summed E-state index contributed by atoms with van der Waals surface area (Å²) in [6.07, 6.45) is -0.988. The molecule has 0 saturated heterocycles. The van der Waals surface area contributed by atoms with Crippen LogP contribution in [0.2, 0.25) is 0 Å². The summed E-state index contributed by atoms with van der Waals surface area (Å²) in [5, 5.41) is 26.9. The molecule has 11 heteroatoms. The molecule has 5 atom stereocenters. The highest BCUT2D eigenvalue weighted by Crippen LogP contribution is 2.50. The zero-order chi connectivity index (χ0) is 23.2. The van der Waals surface area contributed by atoms with Crippen LogP contribution in [0.5, 0.6) is 0 Å². The van der Waals surface area contributed by atoms with Gasteiger partial charge in [0.1, 0.15) is 6.10 Å². The molecule has 4 N–H and O–H groups in total. The van der Waals surface area contributed by atoms with Crippen molar-refractivity contribution in [2.24, 2.45) is 11.3 Å². The second-order valence-electron chi connectivity index (χ2n) is 7.90. The maximum absolute atomic E-state index is 13.2. The number of anilines is 1. The van der Waals surface area contributed by atoms with E-state index in [1.165, 1.54) is 19.4 Å². The van der Waals surface area contributed by atoms with Crippen LogP contribution in [0, 0.1) is 28.3 Å². The molecular weight excluding hydrogens is 435 g/mol. The van der Waals surface area contributed by atoms with Crippen molar-refractivity contribution in [3.05, 3.63) is 34.3 Å². The molecule has 3 heterocycles. The van der Waals surface area contributed by atoms with Gasteiger partial charge in [-0.2, -0.15) is 4.39 Å². The van der Waals surface area contributed by atoms with Gasteiger partial charge < -0.3 is 25.4 Å². The van der Waals surface area contributed by atoms with Gasteiger partial charge in [-0.15, -0.1) is 0 Å². The van der Waals surface area contributed by atoms with Crippen molar-refractivity contribution in [1.82, 2.24) is 24.8 Å². The molecule has 2 unspecified atom stereocenters. The number of nitrogens with one attached hydrogen (secondary N) is 2. The zero-order valence-electron chi connectivity index (χ0n) is 17.9. The van der Waals surface area contributed by atoms with E-state index in [1.54, 1.807) is 31.5 Å². The first kappa shape index (κ1) is 22.1. The highest BCUT2D eigenvalue weighted by molar-refractivity contribution is 7.10. The van der Waals surface area contributed by atoms with Crippen molar-refractivity contribution in [2.45, 2.75) is 32.1 Å². The minimum absolute atomic E-state index is 0.187. The number of nitrogens with zero attached hydrogens (tertiary/aromatic N) is 4. The summed E-state index contributed by atoms with van der Waals surface area (Å²) in [6, 6.07) is 2.25. The number of thiophene rings is 1. The molecule has 1 saturated carbocycles. The topological polar surface area (TPSA) is 125 Å². The Balaban J connectivity index is 1.82. The van der Waals surface area contributed by atoms with Crippen molar-refractivity contribution in [2.75, 3.05) is 19.4 Å². The quantitative estimate of drug-likeness (QED) is 0.434. The molecule has 1 amide bonds. The number of amides is 1. The minimum Gasteiger partial charge on any atom is -0.389 e. The van der Waals surface area contributed by atoms with Crippen LogP contribution in [-0.4, -0.2) is 61.9 Å². The van der Waals surface area contributed by atoms with Gasteiger partial charge in [0.15, 0.2) is 22.1 Å². The largest absolute Gasteiger partial charge is 0.389 e. The first-order valence-corrected chi connectivity index (χ1v) is 10.8. The molecule has 1 aliphatic carbocycles. The standard InChI is InChI=1S/C21H23FN6O3S/c1-10-15(16(29)17(30)21(10,2)20(31)24-4)28-9-25-14-18(23-3)26-13(27-19(14)28)8-6-11-5-7-12(22)32-11/h5,7,9-10,15-17,29-30H,1-4H3,(H,24,31)(H,23,26,27)/t10-,15-,16+,17?,21?/m1/s1. The summed E-state index contributed by atoms with van der Waals surface area (Å²) in [6.45, 7) is 3.44. The molecule has 9 nitrogen and oxygen atoms in total. The molecule has 3 aromatic heterocycles. The van der Waals surface area contributed by atoms with Gasteiger partial charge in [0.2, 0.25) is 11.7 Å². The SMILES string of the molecule is CNC(=O)C1(C)C(O)[C@@H](O)[C@H](n2cnc3c(NC)nc(C#Cc4ccc(F)s4)nc32)[C@H]1C.